The topological polar surface area (TPSA) is 24.7 Å². The molecule has 0 saturated carbocycles. The Morgan fingerprint density at radius 1 is 0.690 bits per heavy atom. The number of benzene rings is 1. The van der Waals surface area contributed by atoms with Crippen molar-refractivity contribution in [1.82, 2.24) is 0 Å². The predicted octanol–water partition coefficient (Wildman–Crippen LogP) is 8.22. The van der Waals surface area contributed by atoms with E-state index in [0.717, 1.165) is 12.6 Å². The maximum absolute atomic E-state index is 4.65. The van der Waals surface area contributed by atoms with Crippen LogP contribution in [0.15, 0.2) is 40.3 Å². The van der Waals surface area contributed by atoms with Gasteiger partial charge in [0.2, 0.25) is 6.17 Å². The molecule has 1 aromatic carbocycles. The summed E-state index contributed by atoms with van der Waals surface area (Å²) in [7, 11) is 0. The molecule has 2 heteroatoms. The Labute approximate surface area is 180 Å². The molecule has 1 aliphatic heterocycles. The maximum Gasteiger partial charge on any atom is 0.244 e. The van der Waals surface area contributed by atoms with Gasteiger partial charge in [-0.15, -0.1) is 0 Å². The Balaban J connectivity index is 1.97. The molecular weight excluding hydrogens is 352 g/mol. The quantitative estimate of drug-likeness (QED) is 0.187. The number of nitrogens with zero attached hydrogens (tertiary/aromatic N) is 2. The van der Waals surface area contributed by atoms with Crippen LogP contribution in [-0.4, -0.2) is 12.4 Å². The van der Waals surface area contributed by atoms with Crippen molar-refractivity contribution in [3.05, 3.63) is 42.1 Å². The molecule has 160 valence electrons. The van der Waals surface area contributed by atoms with Crippen molar-refractivity contribution in [2.24, 2.45) is 21.8 Å². The number of aliphatic imine (C=N–C) groups is 2. The van der Waals surface area contributed by atoms with E-state index in [4.69, 9.17) is 0 Å². The lowest BCUT2D eigenvalue weighted by Gasteiger charge is -2.26. The number of rotatable bonds is 17. The molecule has 0 amide bonds. The lowest BCUT2D eigenvalue weighted by atomic mass is 9.78. The monoisotopic (exact) mass is 395 g/mol. The number of hydrogen-bond donors (Lipinski definition) is 0. The third-order valence-corrected chi connectivity index (χ3v) is 6.27. The van der Waals surface area contributed by atoms with Crippen LogP contribution in [0.25, 0.3) is 0 Å². The van der Waals surface area contributed by atoms with Gasteiger partial charge in [-0.25, -0.2) is 0 Å². The molecule has 0 aliphatic carbocycles. The zero-order chi connectivity index (χ0) is 20.6. The van der Waals surface area contributed by atoms with Gasteiger partial charge >= 0.3 is 0 Å². The molecule has 2 rings (SSSR count). The SMILES string of the molecule is CCCCCCCCC(Cc1ccccc1)C(CCCCCCC)[C+]1N=CC=N1. The molecule has 0 saturated heterocycles. The summed E-state index contributed by atoms with van der Waals surface area (Å²) in [5, 5.41) is 0. The summed E-state index contributed by atoms with van der Waals surface area (Å²) in [6.45, 7) is 4.58. The Bertz CT molecular complexity index is 551. The Kier molecular flexibility index (Phi) is 12.5. The molecule has 2 atom stereocenters. The van der Waals surface area contributed by atoms with Gasteiger partial charge in [-0.3, -0.25) is 0 Å². The summed E-state index contributed by atoms with van der Waals surface area (Å²) >= 11 is 0. The largest absolute Gasteiger partial charge is 0.244 e. The van der Waals surface area contributed by atoms with Crippen LogP contribution >= 0.6 is 0 Å². The van der Waals surface area contributed by atoms with Crippen LogP contribution in [0, 0.1) is 18.0 Å². The highest BCUT2D eigenvalue weighted by molar-refractivity contribution is 6.18. The van der Waals surface area contributed by atoms with Crippen molar-refractivity contribution in [3.63, 3.8) is 0 Å². The molecule has 0 bridgehead atoms. The van der Waals surface area contributed by atoms with Crippen LogP contribution in [0.2, 0.25) is 0 Å². The van der Waals surface area contributed by atoms with Gasteiger partial charge in [0.05, 0.1) is 5.92 Å². The van der Waals surface area contributed by atoms with Gasteiger partial charge in [0, 0.05) is 0 Å². The van der Waals surface area contributed by atoms with Crippen molar-refractivity contribution in [2.45, 2.75) is 104 Å². The Morgan fingerprint density at radius 2 is 1.24 bits per heavy atom. The first-order valence-corrected chi connectivity index (χ1v) is 12.3. The molecular formula is C27H43N2+. The van der Waals surface area contributed by atoms with Crippen LogP contribution in [0.1, 0.15) is 103 Å². The van der Waals surface area contributed by atoms with E-state index in [2.05, 4.69) is 54.2 Å². The van der Waals surface area contributed by atoms with Gasteiger partial charge in [0.25, 0.3) is 0 Å². The zero-order valence-electron chi connectivity index (χ0n) is 19.0. The number of unbranched alkanes of at least 4 members (excludes halogenated alkanes) is 9. The fourth-order valence-corrected chi connectivity index (χ4v) is 4.54. The normalized spacial score (nSPS) is 15.2. The molecule has 0 spiro atoms. The lowest BCUT2D eigenvalue weighted by Crippen LogP contribution is -2.22. The molecule has 2 nitrogen and oxygen atoms in total. The molecule has 1 heterocycles. The minimum Gasteiger partial charge on any atom is -0.0965 e. The summed E-state index contributed by atoms with van der Waals surface area (Å²) in [4.78, 5) is 9.30. The average Bonchev–Trinajstić information content (AvgIpc) is 3.28. The molecule has 0 radical (unpaired) electrons. The van der Waals surface area contributed by atoms with E-state index >= 15 is 0 Å². The van der Waals surface area contributed by atoms with Crippen LogP contribution < -0.4 is 0 Å². The summed E-state index contributed by atoms with van der Waals surface area (Å²) in [6.07, 6.45) is 23.4. The highest BCUT2D eigenvalue weighted by Crippen LogP contribution is 2.37. The van der Waals surface area contributed by atoms with Crippen LogP contribution in [-0.2, 0) is 6.42 Å². The van der Waals surface area contributed by atoms with Gasteiger partial charge in [-0.2, -0.15) is 0 Å². The molecule has 0 fully saturated rings. The van der Waals surface area contributed by atoms with E-state index in [0.29, 0.717) is 11.8 Å². The molecule has 0 aromatic heterocycles. The van der Waals surface area contributed by atoms with E-state index in [1.165, 1.54) is 89.0 Å². The third-order valence-electron chi connectivity index (χ3n) is 6.27. The van der Waals surface area contributed by atoms with Gasteiger partial charge < -0.3 is 0 Å². The van der Waals surface area contributed by atoms with Gasteiger partial charge in [0.15, 0.2) is 12.4 Å². The first-order valence-electron chi connectivity index (χ1n) is 12.3. The minimum atomic E-state index is 0.502. The molecule has 1 aliphatic rings. The van der Waals surface area contributed by atoms with Gasteiger partial charge in [0.1, 0.15) is 0 Å². The molecule has 0 N–H and O–H groups in total. The predicted molar refractivity (Wildman–Crippen MR) is 129 cm³/mol. The first-order chi connectivity index (χ1) is 14.3. The maximum atomic E-state index is 4.65. The fourth-order valence-electron chi connectivity index (χ4n) is 4.54. The highest BCUT2D eigenvalue weighted by Gasteiger charge is 2.35. The van der Waals surface area contributed by atoms with Crippen molar-refractivity contribution >= 4 is 12.4 Å². The zero-order valence-corrected chi connectivity index (χ0v) is 19.0. The van der Waals surface area contributed by atoms with E-state index in [-0.39, 0.29) is 0 Å². The third kappa shape index (κ3) is 9.65. The Morgan fingerprint density at radius 3 is 1.86 bits per heavy atom. The Hall–Kier alpha value is -1.57. The fraction of sp³-hybridized carbons (Fsp3) is 0.667. The molecule has 2 unspecified atom stereocenters. The van der Waals surface area contributed by atoms with Gasteiger partial charge in [-0.1, -0.05) is 125 Å². The highest BCUT2D eigenvalue weighted by atomic mass is 15.0. The second kappa shape index (κ2) is 15.3. The second-order valence-corrected chi connectivity index (χ2v) is 8.73. The summed E-state index contributed by atoms with van der Waals surface area (Å²) in [6, 6.07) is 11.1. The van der Waals surface area contributed by atoms with Crippen LogP contribution in [0.5, 0.6) is 0 Å². The summed E-state index contributed by atoms with van der Waals surface area (Å²) in [5.41, 5.74) is 1.46. The minimum absolute atomic E-state index is 0.502. The smallest absolute Gasteiger partial charge is 0.0965 e. The second-order valence-electron chi connectivity index (χ2n) is 8.73. The van der Waals surface area contributed by atoms with E-state index < -0.39 is 0 Å². The summed E-state index contributed by atoms with van der Waals surface area (Å²) < 4.78 is 0. The van der Waals surface area contributed by atoms with Crippen molar-refractivity contribution in [3.8, 4) is 0 Å². The van der Waals surface area contributed by atoms with Crippen molar-refractivity contribution < 1.29 is 0 Å². The summed E-state index contributed by atoms with van der Waals surface area (Å²) in [5.74, 6) is 1.15. The molecule has 29 heavy (non-hydrogen) atoms. The van der Waals surface area contributed by atoms with Gasteiger partial charge in [-0.05, 0) is 30.7 Å². The van der Waals surface area contributed by atoms with E-state index in [9.17, 15) is 0 Å². The van der Waals surface area contributed by atoms with Crippen molar-refractivity contribution in [2.75, 3.05) is 0 Å². The van der Waals surface area contributed by atoms with Crippen molar-refractivity contribution in [1.29, 1.82) is 0 Å². The van der Waals surface area contributed by atoms with Crippen LogP contribution in [0.3, 0.4) is 0 Å². The number of hydrogen-bond acceptors (Lipinski definition) is 2. The molecule has 1 aromatic rings. The standard InChI is InChI=1S/C27H43N2/c1-3-5-7-9-11-15-19-25(23-24-17-13-12-14-18-24)26(27-28-21-22-29-27)20-16-10-8-6-4-2/h12-14,17-18,21-22,25-26H,3-11,15-16,19-20,23H2,1-2H3/q+1. The first kappa shape index (κ1) is 23.7. The van der Waals surface area contributed by atoms with Crippen LogP contribution in [0.4, 0.5) is 0 Å². The van der Waals surface area contributed by atoms with E-state index in [1.807, 2.05) is 12.4 Å². The van der Waals surface area contributed by atoms with E-state index in [1.54, 1.807) is 0 Å². The average molecular weight is 396 g/mol. The lowest BCUT2D eigenvalue weighted by molar-refractivity contribution is 0.284.